The summed E-state index contributed by atoms with van der Waals surface area (Å²) in [6.07, 6.45) is 0. The van der Waals surface area contributed by atoms with Crippen molar-refractivity contribution >= 4 is 40.8 Å². The van der Waals surface area contributed by atoms with E-state index in [1.54, 1.807) is 12.1 Å². The van der Waals surface area contributed by atoms with Crippen LogP contribution in [0.4, 0.5) is 5.69 Å². The number of nitrogens with one attached hydrogen (secondary N) is 2. The molecule has 8 N–H and O–H groups in total. The van der Waals surface area contributed by atoms with Gasteiger partial charge in [0.1, 0.15) is 11.4 Å². The Balaban J connectivity index is 1.78. The molecule has 7 nitrogen and oxygen atoms in total. The van der Waals surface area contributed by atoms with Crippen LogP contribution in [-0.4, -0.2) is 31.6 Å². The molecule has 0 aliphatic carbocycles. The third kappa shape index (κ3) is 5.03. The molecule has 0 amide bonds. The average molecular weight is 408 g/mol. The number of nitrogens with zero attached hydrogens (tertiary/aromatic N) is 1. The molecule has 9 heteroatoms. The topological polar surface area (TPSA) is 126 Å². The van der Waals surface area contributed by atoms with Crippen molar-refractivity contribution in [2.45, 2.75) is 0 Å². The predicted molar refractivity (Wildman–Crippen MR) is 109 cm³/mol. The van der Waals surface area contributed by atoms with E-state index in [-0.39, 0.29) is 11.9 Å². The first-order valence-corrected chi connectivity index (χ1v) is 9.10. The van der Waals surface area contributed by atoms with Crippen LogP contribution in [0.15, 0.2) is 41.4 Å². The highest BCUT2D eigenvalue weighted by Gasteiger charge is 2.17. The third-order valence-corrected chi connectivity index (χ3v) is 4.64. The molecule has 2 aromatic rings. The summed E-state index contributed by atoms with van der Waals surface area (Å²) in [6.45, 7) is 2.73. The summed E-state index contributed by atoms with van der Waals surface area (Å²) < 4.78 is 5.79. The Morgan fingerprint density at radius 1 is 1.11 bits per heavy atom. The fourth-order valence-corrected chi connectivity index (χ4v) is 3.31. The number of ether oxygens (including phenoxy) is 1. The lowest BCUT2D eigenvalue weighted by atomic mass is 10.0. The molecule has 3 rings (SSSR count). The highest BCUT2D eigenvalue weighted by molar-refractivity contribution is 6.39. The number of nitrogens with two attached hydrogens (primary N) is 3. The van der Waals surface area contributed by atoms with Gasteiger partial charge in [-0.15, -0.1) is 4.99 Å². The summed E-state index contributed by atoms with van der Waals surface area (Å²) in [6, 6.07) is 11.0. The molecule has 1 aliphatic heterocycles. The van der Waals surface area contributed by atoms with E-state index in [0.29, 0.717) is 33.8 Å². The van der Waals surface area contributed by atoms with Crippen molar-refractivity contribution in [2.24, 2.45) is 28.1 Å². The molecule has 0 unspecified atom stereocenters. The van der Waals surface area contributed by atoms with Crippen LogP contribution in [0.25, 0.3) is 11.1 Å². The lowest BCUT2D eigenvalue weighted by Gasteiger charge is -2.26. The molecule has 1 aliphatic rings. The van der Waals surface area contributed by atoms with Crippen molar-refractivity contribution in [1.82, 2.24) is 5.32 Å². The summed E-state index contributed by atoms with van der Waals surface area (Å²) in [5, 5.41) is 4.13. The van der Waals surface area contributed by atoms with Gasteiger partial charge in [0.25, 0.3) is 5.96 Å². The van der Waals surface area contributed by atoms with Gasteiger partial charge in [0.2, 0.25) is 0 Å². The van der Waals surface area contributed by atoms with Gasteiger partial charge < -0.3 is 27.3 Å². The molecular formula is C18H21Cl2N6O+. The van der Waals surface area contributed by atoms with Gasteiger partial charge in [0.05, 0.1) is 16.7 Å². The summed E-state index contributed by atoms with van der Waals surface area (Å²) in [5.41, 5.74) is 18.4. The van der Waals surface area contributed by atoms with E-state index in [0.717, 1.165) is 24.4 Å². The van der Waals surface area contributed by atoms with E-state index in [1.165, 1.54) is 0 Å². The maximum atomic E-state index is 6.42. The largest absolute Gasteiger partial charge is 0.493 e. The van der Waals surface area contributed by atoms with E-state index in [2.05, 4.69) is 15.3 Å². The van der Waals surface area contributed by atoms with Gasteiger partial charge in [-0.05, 0) is 29.8 Å². The fraction of sp³-hybridized carbons (Fsp3) is 0.222. The average Bonchev–Trinajstić information content (AvgIpc) is 2.53. The van der Waals surface area contributed by atoms with Gasteiger partial charge in [-0.2, -0.15) is 0 Å². The van der Waals surface area contributed by atoms with E-state index < -0.39 is 0 Å². The molecule has 142 valence electrons. The molecule has 27 heavy (non-hydrogen) atoms. The molecule has 0 aromatic heterocycles. The number of hydrogen-bond acceptors (Lipinski definition) is 3. The number of guanidine groups is 2. The first kappa shape index (κ1) is 19.3. The Labute approximate surface area is 167 Å². The van der Waals surface area contributed by atoms with Crippen molar-refractivity contribution in [3.05, 3.63) is 46.4 Å². The maximum absolute atomic E-state index is 6.42. The number of benzene rings is 2. The molecular weight excluding hydrogens is 387 g/mol. The minimum Gasteiger partial charge on any atom is -0.493 e. The minimum atomic E-state index is -0.0547. The van der Waals surface area contributed by atoms with E-state index in [1.807, 2.05) is 24.3 Å². The van der Waals surface area contributed by atoms with E-state index in [4.69, 9.17) is 45.1 Å². The van der Waals surface area contributed by atoms with E-state index >= 15 is 0 Å². The summed E-state index contributed by atoms with van der Waals surface area (Å²) in [5.74, 6) is 1.38. The number of rotatable bonds is 5. The zero-order chi connectivity index (χ0) is 19.4. The molecule has 1 saturated heterocycles. The smallest absolute Gasteiger partial charge is 0.316 e. The van der Waals surface area contributed by atoms with Gasteiger partial charge in [0.15, 0.2) is 0 Å². The van der Waals surface area contributed by atoms with Gasteiger partial charge in [-0.1, -0.05) is 35.3 Å². The van der Waals surface area contributed by atoms with Crippen molar-refractivity contribution in [3.8, 4) is 16.9 Å². The lowest BCUT2D eigenvalue weighted by molar-refractivity contribution is -0.320. The fourth-order valence-electron chi connectivity index (χ4n) is 2.61. The monoisotopic (exact) mass is 407 g/mol. The Morgan fingerprint density at radius 2 is 1.74 bits per heavy atom. The zero-order valence-corrected chi connectivity index (χ0v) is 16.0. The predicted octanol–water partition coefficient (Wildman–Crippen LogP) is 0.559. The quantitative estimate of drug-likeness (QED) is 0.365. The molecule has 0 saturated carbocycles. The molecule has 0 atom stereocenters. The van der Waals surface area contributed by atoms with E-state index in [9.17, 15) is 0 Å². The first-order chi connectivity index (χ1) is 12.9. The normalized spacial score (nSPS) is 14.5. The van der Waals surface area contributed by atoms with Gasteiger partial charge in [-0.25, -0.2) is 4.99 Å². The molecule has 1 heterocycles. The van der Waals surface area contributed by atoms with Crippen molar-refractivity contribution in [1.29, 1.82) is 0 Å². The first-order valence-electron chi connectivity index (χ1n) is 8.34. The standard InChI is InChI=1S/C18H20Cl2N6O/c19-14-5-12(25-18(23)26-17(21)22)6-15(20)16(14)11-1-3-13(4-2-11)27-9-10-7-24-8-10/h1-6,10,24H,7-9H2,(H6,21,22,23,25,26)/p+1. The second-order valence-corrected chi connectivity index (χ2v) is 7.04. The second-order valence-electron chi connectivity index (χ2n) is 6.22. The molecule has 0 bridgehead atoms. The summed E-state index contributed by atoms with van der Waals surface area (Å²) in [7, 11) is 0. The number of halogens is 2. The molecule has 2 aromatic carbocycles. The van der Waals surface area contributed by atoms with Crippen LogP contribution >= 0.6 is 23.2 Å². The van der Waals surface area contributed by atoms with Crippen molar-refractivity contribution < 1.29 is 9.73 Å². The Hall–Kier alpha value is -2.48. The minimum absolute atomic E-state index is 0.0399. The third-order valence-electron chi connectivity index (χ3n) is 4.04. The Morgan fingerprint density at radius 3 is 2.26 bits per heavy atom. The van der Waals surface area contributed by atoms with Gasteiger partial charge in [0, 0.05) is 24.6 Å². The number of hydrogen-bond donors (Lipinski definition) is 5. The van der Waals surface area contributed by atoms with Crippen LogP contribution in [0, 0.1) is 5.92 Å². The van der Waals surface area contributed by atoms with Gasteiger partial charge in [-0.3, -0.25) is 0 Å². The van der Waals surface area contributed by atoms with Crippen molar-refractivity contribution in [3.63, 3.8) is 0 Å². The van der Waals surface area contributed by atoms with Crippen LogP contribution in [0.3, 0.4) is 0 Å². The molecule has 0 spiro atoms. The zero-order valence-electron chi connectivity index (χ0n) is 14.5. The van der Waals surface area contributed by atoms with Crippen LogP contribution in [0.5, 0.6) is 5.75 Å². The Bertz CT molecular complexity index is 851. The van der Waals surface area contributed by atoms with Crippen LogP contribution in [0.2, 0.25) is 10.0 Å². The second kappa shape index (κ2) is 8.47. The molecule has 0 radical (unpaired) electrons. The number of aliphatic imine (C=N–C) groups is 1. The van der Waals surface area contributed by atoms with Crippen LogP contribution < -0.4 is 32.2 Å². The van der Waals surface area contributed by atoms with Gasteiger partial charge >= 0.3 is 5.96 Å². The highest BCUT2D eigenvalue weighted by Crippen LogP contribution is 2.38. The summed E-state index contributed by atoms with van der Waals surface area (Å²) >= 11 is 12.8. The Kier molecular flexibility index (Phi) is 6.05. The van der Waals surface area contributed by atoms with Crippen LogP contribution in [-0.2, 0) is 0 Å². The van der Waals surface area contributed by atoms with Crippen LogP contribution in [0.1, 0.15) is 0 Å². The SMILES string of the molecule is NC(=Nc1cc(Cl)c(-c2ccc(OCC3CNC3)cc2)c(Cl)c1)[NH+]=C(N)N. The highest BCUT2D eigenvalue weighted by atomic mass is 35.5. The lowest BCUT2D eigenvalue weighted by Crippen LogP contribution is -2.84. The molecule has 1 fully saturated rings. The van der Waals surface area contributed by atoms with Crippen molar-refractivity contribution in [2.75, 3.05) is 19.7 Å². The summed E-state index contributed by atoms with van der Waals surface area (Å²) in [4.78, 5) is 6.64. The maximum Gasteiger partial charge on any atom is 0.316 e.